The maximum absolute atomic E-state index is 11.2. The third kappa shape index (κ3) is 3.89. The molecule has 1 rings (SSSR count). The Morgan fingerprint density at radius 3 is 2.61 bits per heavy atom. The van der Waals surface area contributed by atoms with Crippen LogP contribution >= 0.6 is 10.7 Å². The van der Waals surface area contributed by atoms with Gasteiger partial charge in [-0.1, -0.05) is 6.92 Å². The summed E-state index contributed by atoms with van der Waals surface area (Å²) in [6.45, 7) is 1.92. The molecule has 0 saturated carbocycles. The summed E-state index contributed by atoms with van der Waals surface area (Å²) in [6, 6.07) is 4.24. The van der Waals surface area contributed by atoms with Crippen LogP contribution in [0.4, 0.5) is 0 Å². The van der Waals surface area contributed by atoms with E-state index in [0.29, 0.717) is 17.7 Å². The molecule has 0 aromatic heterocycles. The summed E-state index contributed by atoms with van der Waals surface area (Å²) in [4.78, 5) is 11.1. The van der Waals surface area contributed by atoms with Gasteiger partial charge in [-0.25, -0.2) is 8.42 Å². The predicted molar refractivity (Wildman–Crippen MR) is 68.2 cm³/mol. The zero-order valence-corrected chi connectivity index (χ0v) is 11.6. The van der Waals surface area contributed by atoms with Crippen LogP contribution in [0, 0.1) is 0 Å². The molecule has 1 aromatic carbocycles. The Labute approximate surface area is 111 Å². The molecule has 0 aliphatic heterocycles. The topological polar surface area (TPSA) is 72.5 Å². The third-order valence-corrected chi connectivity index (χ3v) is 3.68. The molecule has 0 atom stereocenters. The molecule has 0 radical (unpaired) electrons. The molecule has 0 spiro atoms. The minimum Gasteiger partial charge on any atom is -0.496 e. The highest BCUT2D eigenvalue weighted by molar-refractivity contribution is 8.13. The fraction of sp³-hybridized carbons (Fsp3) is 0.364. The fourth-order valence-corrected chi connectivity index (χ4v) is 2.17. The molecule has 0 aliphatic carbocycles. The molecule has 1 N–H and O–H groups in total. The molecule has 0 saturated heterocycles. The molecular weight excluding hydrogens is 278 g/mol. The summed E-state index contributed by atoms with van der Waals surface area (Å²) in [6.07, 6.45) is 0.357. The highest BCUT2D eigenvalue weighted by Crippen LogP contribution is 2.24. The maximum atomic E-state index is 11.2. The van der Waals surface area contributed by atoms with Gasteiger partial charge in [-0.2, -0.15) is 0 Å². The van der Waals surface area contributed by atoms with Gasteiger partial charge >= 0.3 is 0 Å². The first-order chi connectivity index (χ1) is 8.38. The number of methoxy groups -OCH3 is 1. The molecule has 100 valence electrons. The molecule has 5 nitrogen and oxygen atoms in total. The van der Waals surface area contributed by atoms with Gasteiger partial charge in [0.2, 0.25) is 5.91 Å². The smallest absolute Gasteiger partial charge is 0.261 e. The van der Waals surface area contributed by atoms with Crippen LogP contribution in [0.2, 0.25) is 0 Å². The van der Waals surface area contributed by atoms with Crippen LogP contribution in [-0.4, -0.2) is 21.4 Å². The highest BCUT2D eigenvalue weighted by atomic mass is 35.7. The van der Waals surface area contributed by atoms with Crippen LogP contribution in [-0.2, 0) is 20.4 Å². The lowest BCUT2D eigenvalue weighted by Gasteiger charge is -2.10. The van der Waals surface area contributed by atoms with Gasteiger partial charge in [0.25, 0.3) is 9.05 Å². The lowest BCUT2D eigenvalue weighted by molar-refractivity contribution is -0.120. The monoisotopic (exact) mass is 291 g/mol. The van der Waals surface area contributed by atoms with Crippen molar-refractivity contribution in [3.05, 3.63) is 23.8 Å². The summed E-state index contributed by atoms with van der Waals surface area (Å²) < 4.78 is 27.5. The minimum absolute atomic E-state index is 0.0225. The number of ether oxygens (including phenoxy) is 1. The molecule has 0 fully saturated rings. The van der Waals surface area contributed by atoms with Crippen molar-refractivity contribution in [3.63, 3.8) is 0 Å². The van der Waals surface area contributed by atoms with Gasteiger partial charge in [-0.3, -0.25) is 4.79 Å². The van der Waals surface area contributed by atoms with Crippen molar-refractivity contribution in [3.8, 4) is 5.75 Å². The van der Waals surface area contributed by atoms with Gasteiger partial charge < -0.3 is 10.1 Å². The quantitative estimate of drug-likeness (QED) is 0.837. The number of rotatable bonds is 5. The van der Waals surface area contributed by atoms with E-state index in [9.17, 15) is 13.2 Å². The third-order valence-electron chi connectivity index (χ3n) is 2.33. The van der Waals surface area contributed by atoms with Crippen molar-refractivity contribution in [2.24, 2.45) is 0 Å². The van der Waals surface area contributed by atoms with Crippen molar-refractivity contribution in [1.82, 2.24) is 5.32 Å². The number of hydrogen-bond acceptors (Lipinski definition) is 4. The van der Waals surface area contributed by atoms with E-state index in [4.69, 9.17) is 15.4 Å². The molecule has 0 unspecified atom stereocenters. The van der Waals surface area contributed by atoms with Crippen molar-refractivity contribution in [2.75, 3.05) is 7.11 Å². The molecular formula is C11H14ClNO4S. The lowest BCUT2D eigenvalue weighted by Crippen LogP contribution is -2.21. The predicted octanol–water partition coefficient (Wildman–Crippen LogP) is 1.65. The van der Waals surface area contributed by atoms with E-state index in [2.05, 4.69) is 5.32 Å². The summed E-state index contributed by atoms with van der Waals surface area (Å²) in [5.74, 6) is 0.367. The molecule has 1 amide bonds. The molecule has 0 bridgehead atoms. The van der Waals surface area contributed by atoms with Crippen LogP contribution in [0.1, 0.15) is 18.9 Å². The number of hydrogen-bond donors (Lipinski definition) is 1. The molecule has 1 aromatic rings. The Morgan fingerprint density at radius 2 is 2.11 bits per heavy atom. The van der Waals surface area contributed by atoms with E-state index >= 15 is 0 Å². The lowest BCUT2D eigenvalue weighted by atomic mass is 10.2. The summed E-state index contributed by atoms with van der Waals surface area (Å²) in [5, 5.41) is 2.65. The van der Waals surface area contributed by atoms with Crippen LogP contribution < -0.4 is 10.1 Å². The Morgan fingerprint density at radius 1 is 1.44 bits per heavy atom. The fourth-order valence-electron chi connectivity index (χ4n) is 1.36. The number of amides is 1. The zero-order chi connectivity index (χ0) is 13.8. The highest BCUT2D eigenvalue weighted by Gasteiger charge is 2.13. The number of halogens is 1. The zero-order valence-electron chi connectivity index (χ0n) is 10.1. The first kappa shape index (κ1) is 14.8. The van der Waals surface area contributed by atoms with E-state index < -0.39 is 9.05 Å². The second-order valence-electron chi connectivity index (χ2n) is 3.54. The van der Waals surface area contributed by atoms with Gasteiger partial charge in [-0.05, 0) is 18.2 Å². The van der Waals surface area contributed by atoms with Crippen molar-refractivity contribution >= 4 is 25.6 Å². The number of nitrogens with one attached hydrogen (secondary N) is 1. The molecule has 7 heteroatoms. The average Bonchev–Trinajstić information content (AvgIpc) is 2.34. The second kappa shape index (κ2) is 6.06. The summed E-state index contributed by atoms with van der Waals surface area (Å²) in [5.41, 5.74) is 0.557. The van der Waals surface area contributed by atoms with Crippen LogP contribution in [0.15, 0.2) is 23.1 Å². The number of benzene rings is 1. The van der Waals surface area contributed by atoms with Gasteiger partial charge in [-0.15, -0.1) is 0 Å². The van der Waals surface area contributed by atoms with Crippen LogP contribution in [0.3, 0.4) is 0 Å². The molecule has 18 heavy (non-hydrogen) atoms. The van der Waals surface area contributed by atoms with Crippen molar-refractivity contribution in [2.45, 2.75) is 24.8 Å². The average molecular weight is 292 g/mol. The van der Waals surface area contributed by atoms with Crippen LogP contribution in [0.25, 0.3) is 0 Å². The van der Waals surface area contributed by atoms with E-state index in [1.54, 1.807) is 6.92 Å². The summed E-state index contributed by atoms with van der Waals surface area (Å²) in [7, 11) is 2.94. The largest absolute Gasteiger partial charge is 0.496 e. The van der Waals surface area contributed by atoms with E-state index in [1.807, 2.05) is 0 Å². The second-order valence-corrected chi connectivity index (χ2v) is 6.11. The Hall–Kier alpha value is -1.27. The Bertz CT molecular complexity index is 542. The van der Waals surface area contributed by atoms with Gasteiger partial charge in [0.1, 0.15) is 5.75 Å². The molecule has 0 heterocycles. The van der Waals surface area contributed by atoms with Crippen molar-refractivity contribution in [1.29, 1.82) is 0 Å². The Balaban J connectivity index is 3.03. The minimum atomic E-state index is -3.79. The van der Waals surface area contributed by atoms with Crippen LogP contribution in [0.5, 0.6) is 5.75 Å². The molecule has 0 aliphatic rings. The van der Waals surface area contributed by atoms with E-state index in [1.165, 1.54) is 25.3 Å². The first-order valence-electron chi connectivity index (χ1n) is 5.26. The normalized spacial score (nSPS) is 11.1. The van der Waals surface area contributed by atoms with Crippen molar-refractivity contribution < 1.29 is 17.9 Å². The van der Waals surface area contributed by atoms with E-state index in [0.717, 1.165) is 0 Å². The first-order valence-corrected chi connectivity index (χ1v) is 7.57. The number of carbonyl (C=O) groups excluding carboxylic acids is 1. The van der Waals surface area contributed by atoms with Gasteiger partial charge in [0.05, 0.1) is 12.0 Å². The summed E-state index contributed by atoms with van der Waals surface area (Å²) >= 11 is 0. The van der Waals surface area contributed by atoms with Gasteiger partial charge in [0.15, 0.2) is 0 Å². The maximum Gasteiger partial charge on any atom is 0.261 e. The van der Waals surface area contributed by atoms with E-state index in [-0.39, 0.29) is 17.3 Å². The SMILES string of the molecule is CCC(=O)NCc1cc(S(=O)(=O)Cl)ccc1OC. The Kier molecular flexibility index (Phi) is 4.98. The van der Waals surface area contributed by atoms with Gasteiger partial charge in [0, 0.05) is 29.2 Å². The standard InChI is InChI=1S/C11H14ClNO4S/c1-3-11(14)13-7-8-6-9(18(12,15)16)4-5-10(8)17-2/h4-6H,3,7H2,1-2H3,(H,13,14). The number of carbonyl (C=O) groups is 1.